The predicted octanol–water partition coefficient (Wildman–Crippen LogP) is 1.89. The van der Waals surface area contributed by atoms with E-state index in [4.69, 9.17) is 37.5 Å². The number of ether oxygens (including phenoxy) is 2. The number of rotatable bonds is 10. The van der Waals surface area contributed by atoms with Crippen LogP contribution < -0.4 is 32.3 Å². The van der Waals surface area contributed by atoms with Gasteiger partial charge in [0.25, 0.3) is 0 Å². The van der Waals surface area contributed by atoms with Gasteiger partial charge in [-0.1, -0.05) is 19.0 Å². The topological polar surface area (TPSA) is 173 Å². The molecule has 1 saturated carbocycles. The minimum Gasteiger partial charge on any atom is -0.453 e. The number of nitrogens with one attached hydrogen (secondary N) is 3. The number of alkyl carbamates (subject to hydrolysis) is 1. The summed E-state index contributed by atoms with van der Waals surface area (Å²) in [5, 5.41) is 14.9. The van der Waals surface area contributed by atoms with Crippen LogP contribution in [0.4, 0.5) is 27.9 Å². The molecule has 2 atom stereocenters. The van der Waals surface area contributed by atoms with Gasteiger partial charge in [0.15, 0.2) is 11.5 Å². The van der Waals surface area contributed by atoms with Crippen molar-refractivity contribution in [3.63, 3.8) is 0 Å². The Morgan fingerprint density at radius 1 is 1.14 bits per heavy atom. The number of aromatic nitrogens is 4. The van der Waals surface area contributed by atoms with Crippen molar-refractivity contribution >= 4 is 46.5 Å². The highest BCUT2D eigenvalue weighted by Crippen LogP contribution is 2.39. The van der Waals surface area contributed by atoms with Crippen molar-refractivity contribution in [2.75, 3.05) is 55.9 Å². The maximum atomic E-state index is 11.8. The van der Waals surface area contributed by atoms with Crippen LogP contribution >= 0.6 is 11.6 Å². The molecule has 2 aliphatic heterocycles. The summed E-state index contributed by atoms with van der Waals surface area (Å²) >= 11 is 6.98. The Morgan fingerprint density at radius 3 is 2.60 bits per heavy atom. The van der Waals surface area contributed by atoms with Crippen molar-refractivity contribution in [1.82, 2.24) is 29.8 Å². The highest BCUT2D eigenvalue weighted by Gasteiger charge is 2.42. The average Bonchev–Trinajstić information content (AvgIpc) is 3.53. The lowest BCUT2D eigenvalue weighted by Gasteiger charge is -2.46. The number of amides is 1. The molecular formula is C27H40ClN11O3. The number of carbonyl (C=O) groups excluding carboxylic acids is 1. The van der Waals surface area contributed by atoms with Crippen LogP contribution in [0.1, 0.15) is 31.5 Å². The Bertz CT molecular complexity index is 1430. The van der Waals surface area contributed by atoms with Crippen LogP contribution in [0, 0.1) is 0 Å². The number of likely N-dealkylation sites (tertiary alicyclic amines) is 1. The molecular weight excluding hydrogens is 562 g/mol. The summed E-state index contributed by atoms with van der Waals surface area (Å²) in [6.45, 7) is 3.62. The van der Waals surface area contributed by atoms with Gasteiger partial charge in [-0.25, -0.2) is 14.3 Å². The monoisotopic (exact) mass is 601 g/mol. The molecule has 228 valence electrons. The van der Waals surface area contributed by atoms with Crippen molar-refractivity contribution in [3.8, 4) is 0 Å². The van der Waals surface area contributed by atoms with Gasteiger partial charge in [0, 0.05) is 58.5 Å². The van der Waals surface area contributed by atoms with Crippen molar-refractivity contribution in [1.29, 1.82) is 0 Å². The molecule has 4 heterocycles. The second kappa shape index (κ2) is 12.4. The molecule has 2 saturated heterocycles. The number of hydrogen-bond acceptors (Lipinski definition) is 12. The molecule has 42 heavy (non-hydrogen) atoms. The number of fused-ring (bicyclic) bond motifs is 1. The molecule has 6 rings (SSSR count). The van der Waals surface area contributed by atoms with Crippen molar-refractivity contribution in [3.05, 3.63) is 34.6 Å². The molecule has 0 spiro atoms. The van der Waals surface area contributed by atoms with E-state index < -0.39 is 6.09 Å². The summed E-state index contributed by atoms with van der Waals surface area (Å²) in [4.78, 5) is 25.5. The van der Waals surface area contributed by atoms with Crippen LogP contribution in [0.2, 0.25) is 5.02 Å². The Balaban J connectivity index is 0.00000353. The second-order valence-corrected chi connectivity index (χ2v) is 11.1. The number of nitrogens with two attached hydrogens (primary N) is 2. The highest BCUT2D eigenvalue weighted by atomic mass is 35.5. The molecule has 1 amide bonds. The summed E-state index contributed by atoms with van der Waals surface area (Å²) < 4.78 is 12.1. The average molecular weight is 602 g/mol. The number of benzene rings is 1. The van der Waals surface area contributed by atoms with Crippen LogP contribution in [0.3, 0.4) is 0 Å². The van der Waals surface area contributed by atoms with Gasteiger partial charge in [-0.3, -0.25) is 4.90 Å². The largest absolute Gasteiger partial charge is 0.453 e. The van der Waals surface area contributed by atoms with Gasteiger partial charge in [0.1, 0.15) is 0 Å². The summed E-state index contributed by atoms with van der Waals surface area (Å²) in [6, 6.07) is 4.50. The number of halogens is 1. The zero-order valence-electron chi connectivity index (χ0n) is 23.1. The molecule has 15 heteroatoms. The van der Waals surface area contributed by atoms with Gasteiger partial charge in [-0.05, 0) is 30.5 Å². The first-order chi connectivity index (χ1) is 19.9. The smallest absolute Gasteiger partial charge is 0.407 e. The molecule has 7 N–H and O–H groups in total. The lowest BCUT2D eigenvalue weighted by molar-refractivity contribution is 0.0812. The molecule has 14 nitrogen and oxygen atoms in total. The number of nitrogens with zero attached hydrogens (tertiary/aromatic N) is 6. The fourth-order valence-electron chi connectivity index (χ4n) is 5.44. The van der Waals surface area contributed by atoms with E-state index in [1.54, 1.807) is 17.8 Å². The van der Waals surface area contributed by atoms with Crippen LogP contribution in [0.15, 0.2) is 18.3 Å². The third-order valence-corrected chi connectivity index (χ3v) is 8.36. The first-order valence-corrected chi connectivity index (χ1v) is 14.2. The summed E-state index contributed by atoms with van der Waals surface area (Å²) in [5.74, 6) is 1.03. The fraction of sp³-hybridized carbons (Fsp3) is 0.556. The third kappa shape index (κ3) is 5.90. The van der Waals surface area contributed by atoms with Crippen LogP contribution in [0.25, 0.3) is 5.65 Å². The minimum atomic E-state index is -0.453. The first-order valence-electron chi connectivity index (χ1n) is 13.8. The lowest BCUT2D eigenvalue weighted by atomic mass is 10.0. The normalized spacial score (nSPS) is 20.7. The molecule has 1 aromatic carbocycles. The number of methoxy groups -OCH3 is 2. The number of imidazole rings is 1. The van der Waals surface area contributed by atoms with E-state index in [9.17, 15) is 4.79 Å². The molecule has 3 fully saturated rings. The summed E-state index contributed by atoms with van der Waals surface area (Å²) in [7, 11) is 3.02. The molecule has 0 unspecified atom stereocenters. The predicted molar refractivity (Wildman–Crippen MR) is 162 cm³/mol. The van der Waals surface area contributed by atoms with Crippen molar-refractivity contribution < 1.29 is 14.3 Å². The molecule has 1 aliphatic carbocycles. The molecule has 2 aromatic heterocycles. The van der Waals surface area contributed by atoms with Gasteiger partial charge in [-0.15, -0.1) is 5.10 Å². The van der Waals surface area contributed by atoms with E-state index in [2.05, 4.69) is 35.8 Å². The maximum Gasteiger partial charge on any atom is 0.407 e. The lowest BCUT2D eigenvalue weighted by Crippen LogP contribution is -2.59. The SMILES string of the molecule is C.COC(=O)N[C@H]1CN(C2CN(c3cc(CN)cc(Nc4nc(NC5CC5)c5ncc(CN)n5n4)c3Cl)C2)C[C@@H]1OC. The van der Waals surface area contributed by atoms with Crippen molar-refractivity contribution in [2.45, 2.75) is 57.6 Å². The first kappa shape index (κ1) is 30.0. The quantitative estimate of drug-likeness (QED) is 0.229. The zero-order valence-corrected chi connectivity index (χ0v) is 23.9. The van der Waals surface area contributed by atoms with Crippen LogP contribution in [-0.4, -0.2) is 95.2 Å². The summed E-state index contributed by atoms with van der Waals surface area (Å²) in [6.07, 6.45) is 3.36. The van der Waals surface area contributed by atoms with E-state index in [1.165, 1.54) is 7.11 Å². The van der Waals surface area contributed by atoms with Gasteiger partial charge in [-0.2, -0.15) is 4.98 Å². The molecule has 0 bridgehead atoms. The molecule has 3 aliphatic rings. The number of anilines is 4. The highest BCUT2D eigenvalue weighted by molar-refractivity contribution is 6.36. The Labute approximate surface area is 250 Å². The standard InChI is InChI=1S/C26H36ClN11O3.CH4/c1-40-21-13-36(12-19(21)33-26(39)41-2)17-10-37(11-17)20-6-14(7-28)5-18(22(20)27)32-25-34-23(31-15-3-4-15)24-30-9-16(8-29)38(24)35-25;/h5-6,9,15,17,19,21H,3-4,7-8,10-13,28-29H2,1-2H3,(H,33,39)(H2,31,32,34,35);1H4/t19-,21-;/m0./s1. The van der Waals surface area contributed by atoms with Gasteiger partial charge in [0.05, 0.1) is 47.5 Å². The Morgan fingerprint density at radius 2 is 1.93 bits per heavy atom. The van der Waals surface area contributed by atoms with E-state index in [0.717, 1.165) is 49.4 Å². The molecule has 0 radical (unpaired) electrons. The zero-order chi connectivity index (χ0) is 28.7. The number of hydrogen-bond donors (Lipinski definition) is 5. The number of carbonyl (C=O) groups is 1. The Kier molecular flexibility index (Phi) is 8.89. The van der Waals surface area contributed by atoms with E-state index in [0.29, 0.717) is 59.8 Å². The molecule has 3 aromatic rings. The van der Waals surface area contributed by atoms with Crippen LogP contribution in [0.5, 0.6) is 0 Å². The van der Waals surface area contributed by atoms with Crippen LogP contribution in [-0.2, 0) is 22.6 Å². The van der Waals surface area contributed by atoms with E-state index >= 15 is 0 Å². The van der Waals surface area contributed by atoms with Gasteiger partial charge < -0.3 is 41.8 Å². The van der Waals surface area contributed by atoms with E-state index in [-0.39, 0.29) is 19.6 Å². The Hall–Kier alpha value is -3.43. The fourth-order valence-corrected chi connectivity index (χ4v) is 5.71. The van der Waals surface area contributed by atoms with Gasteiger partial charge in [0.2, 0.25) is 5.95 Å². The third-order valence-electron chi connectivity index (χ3n) is 7.96. The second-order valence-electron chi connectivity index (χ2n) is 10.7. The van der Waals surface area contributed by atoms with Gasteiger partial charge >= 0.3 is 6.09 Å². The minimum absolute atomic E-state index is 0. The summed E-state index contributed by atoms with van der Waals surface area (Å²) in [5.41, 5.74) is 15.9. The van der Waals surface area contributed by atoms with E-state index in [1.807, 2.05) is 12.1 Å². The maximum absolute atomic E-state index is 11.8. The van der Waals surface area contributed by atoms with Crippen molar-refractivity contribution in [2.24, 2.45) is 11.5 Å².